The lowest BCUT2D eigenvalue weighted by molar-refractivity contribution is -0.128. The first kappa shape index (κ1) is 23.0. The van der Waals surface area contributed by atoms with Crippen LogP contribution in [0.3, 0.4) is 0 Å². The van der Waals surface area contributed by atoms with Gasteiger partial charge in [0.1, 0.15) is 0 Å². The monoisotopic (exact) mass is 493 g/mol. The molecular formula is C25H23N3O6S. The highest BCUT2D eigenvalue weighted by Crippen LogP contribution is 2.36. The molecule has 9 nitrogen and oxygen atoms in total. The van der Waals surface area contributed by atoms with E-state index in [1.807, 2.05) is 6.07 Å². The van der Waals surface area contributed by atoms with Gasteiger partial charge in [-0.15, -0.1) is 0 Å². The Morgan fingerprint density at radius 3 is 2.77 bits per heavy atom. The van der Waals surface area contributed by atoms with Crippen LogP contribution in [-0.4, -0.2) is 59.2 Å². The molecule has 180 valence electrons. The van der Waals surface area contributed by atoms with Crippen LogP contribution in [0.5, 0.6) is 11.5 Å². The highest BCUT2D eigenvalue weighted by molar-refractivity contribution is 8.18. The van der Waals surface area contributed by atoms with Crippen LogP contribution >= 0.6 is 11.8 Å². The van der Waals surface area contributed by atoms with Crippen molar-refractivity contribution in [1.29, 1.82) is 0 Å². The van der Waals surface area contributed by atoms with E-state index in [1.54, 1.807) is 47.4 Å². The van der Waals surface area contributed by atoms with Gasteiger partial charge in [0, 0.05) is 38.2 Å². The lowest BCUT2D eigenvalue weighted by atomic mass is 10.1. The van der Waals surface area contributed by atoms with Gasteiger partial charge >= 0.3 is 0 Å². The maximum atomic E-state index is 12.8. The summed E-state index contributed by atoms with van der Waals surface area (Å²) < 4.78 is 10.6. The van der Waals surface area contributed by atoms with Crippen LogP contribution in [0.1, 0.15) is 34.3 Å². The summed E-state index contributed by atoms with van der Waals surface area (Å²) >= 11 is 0.864. The molecule has 0 aromatic heterocycles. The number of hydrogen-bond donors (Lipinski definition) is 1. The minimum absolute atomic E-state index is 0.0663. The van der Waals surface area contributed by atoms with Crippen LogP contribution in [0.2, 0.25) is 0 Å². The number of thioether (sulfide) groups is 1. The Labute approximate surface area is 206 Å². The van der Waals surface area contributed by atoms with E-state index in [0.29, 0.717) is 34.9 Å². The third-order valence-corrected chi connectivity index (χ3v) is 6.83. The molecule has 0 saturated carbocycles. The third-order valence-electron chi connectivity index (χ3n) is 5.92. The normalized spacial score (nSPS) is 18.2. The summed E-state index contributed by atoms with van der Waals surface area (Å²) in [5, 5.41) is 2.38. The molecule has 0 unspecified atom stereocenters. The van der Waals surface area contributed by atoms with Crippen LogP contribution in [0.15, 0.2) is 47.4 Å². The van der Waals surface area contributed by atoms with E-state index in [2.05, 4.69) is 5.32 Å². The van der Waals surface area contributed by atoms with Gasteiger partial charge in [0.2, 0.25) is 12.7 Å². The molecule has 4 amide bonds. The van der Waals surface area contributed by atoms with E-state index in [0.717, 1.165) is 40.8 Å². The maximum Gasteiger partial charge on any atom is 0.293 e. The van der Waals surface area contributed by atoms with E-state index in [1.165, 1.54) is 0 Å². The fraction of sp³-hybridized carbons (Fsp3) is 0.280. The van der Waals surface area contributed by atoms with E-state index in [9.17, 15) is 19.2 Å². The number of hydrogen-bond acceptors (Lipinski definition) is 7. The molecule has 0 aliphatic carbocycles. The zero-order valence-electron chi connectivity index (χ0n) is 18.8. The Bertz CT molecular complexity index is 1240. The number of ether oxygens (including phenoxy) is 2. The van der Waals surface area contributed by atoms with Crippen molar-refractivity contribution in [2.75, 3.05) is 26.4 Å². The Balaban J connectivity index is 1.16. The van der Waals surface area contributed by atoms with Gasteiger partial charge in [-0.1, -0.05) is 18.2 Å². The van der Waals surface area contributed by atoms with Crippen LogP contribution in [0.25, 0.3) is 6.08 Å². The van der Waals surface area contributed by atoms with E-state index < -0.39 is 5.91 Å². The Morgan fingerprint density at radius 2 is 1.94 bits per heavy atom. The first-order valence-corrected chi connectivity index (χ1v) is 12.1. The van der Waals surface area contributed by atoms with Crippen molar-refractivity contribution in [1.82, 2.24) is 15.1 Å². The Morgan fingerprint density at radius 1 is 1.09 bits per heavy atom. The van der Waals surface area contributed by atoms with Gasteiger partial charge in [0.15, 0.2) is 11.5 Å². The molecule has 1 N–H and O–H groups in total. The number of carbonyl (C=O) groups is 4. The second kappa shape index (κ2) is 9.83. The van der Waals surface area contributed by atoms with Crippen molar-refractivity contribution in [3.63, 3.8) is 0 Å². The lowest BCUT2D eigenvalue weighted by Crippen LogP contribution is -2.37. The van der Waals surface area contributed by atoms with Crippen LogP contribution in [0, 0.1) is 0 Å². The zero-order valence-corrected chi connectivity index (χ0v) is 19.6. The summed E-state index contributed by atoms with van der Waals surface area (Å²) in [6.45, 7) is 1.56. The zero-order chi connectivity index (χ0) is 24.4. The van der Waals surface area contributed by atoms with Crippen molar-refractivity contribution in [3.8, 4) is 11.5 Å². The second-order valence-electron chi connectivity index (χ2n) is 8.32. The number of carbonyl (C=O) groups excluding carboxylic acids is 4. The summed E-state index contributed by atoms with van der Waals surface area (Å²) in [5.41, 5.74) is 2.07. The van der Waals surface area contributed by atoms with Gasteiger partial charge in [-0.3, -0.25) is 24.1 Å². The van der Waals surface area contributed by atoms with Crippen molar-refractivity contribution < 1.29 is 28.7 Å². The van der Waals surface area contributed by atoms with Crippen LogP contribution < -0.4 is 14.8 Å². The number of amides is 4. The molecule has 0 bridgehead atoms. The lowest BCUT2D eigenvalue weighted by Gasteiger charge is -2.16. The molecule has 3 heterocycles. The van der Waals surface area contributed by atoms with Gasteiger partial charge in [-0.2, -0.15) is 0 Å². The summed E-state index contributed by atoms with van der Waals surface area (Å²) in [6, 6.07) is 12.4. The maximum absolute atomic E-state index is 12.8. The number of imide groups is 1. The van der Waals surface area contributed by atoms with Crippen molar-refractivity contribution in [3.05, 3.63) is 64.1 Å². The topological polar surface area (TPSA) is 105 Å². The van der Waals surface area contributed by atoms with E-state index in [4.69, 9.17) is 9.47 Å². The highest BCUT2D eigenvalue weighted by atomic mass is 32.2. The van der Waals surface area contributed by atoms with E-state index >= 15 is 0 Å². The smallest absolute Gasteiger partial charge is 0.293 e. The number of nitrogens with one attached hydrogen (secondary N) is 1. The molecule has 0 radical (unpaired) electrons. The molecule has 10 heteroatoms. The summed E-state index contributed by atoms with van der Waals surface area (Å²) in [6.07, 6.45) is 3.07. The fourth-order valence-electron chi connectivity index (χ4n) is 4.13. The molecule has 3 aliphatic heterocycles. The predicted octanol–water partition coefficient (Wildman–Crippen LogP) is 3.00. The van der Waals surface area contributed by atoms with Gasteiger partial charge in [-0.25, -0.2) is 0 Å². The third kappa shape index (κ3) is 5.02. The number of likely N-dealkylation sites (tertiary alicyclic amines) is 1. The summed E-state index contributed by atoms with van der Waals surface area (Å²) in [5.74, 6) is 0.661. The molecule has 0 spiro atoms. The molecule has 2 fully saturated rings. The van der Waals surface area contributed by atoms with Crippen LogP contribution in [-0.2, 0) is 16.1 Å². The first-order chi connectivity index (χ1) is 17.0. The molecule has 2 aromatic carbocycles. The number of rotatable bonds is 7. The highest BCUT2D eigenvalue weighted by Gasteiger charge is 2.34. The fourth-order valence-corrected chi connectivity index (χ4v) is 5.00. The summed E-state index contributed by atoms with van der Waals surface area (Å²) in [7, 11) is 0. The molecule has 2 saturated heterocycles. The Hall–Kier alpha value is -3.79. The molecule has 5 rings (SSSR count). The largest absolute Gasteiger partial charge is 0.454 e. The standard InChI is InChI=1S/C25H23N3O6S/c29-22-5-2-9-27(22)14-17-3-1-4-18(11-17)23(30)26-8-10-28-24(31)21(35-25(28)32)13-16-6-7-19-20(12-16)34-15-33-19/h1,3-4,6-7,11-13H,2,5,8-10,14-15H2,(H,26,30)/b21-13-. The van der Waals surface area contributed by atoms with Gasteiger partial charge < -0.3 is 19.7 Å². The average Bonchev–Trinajstić information content (AvgIpc) is 3.55. The molecule has 2 aromatic rings. The molecular weight excluding hydrogens is 470 g/mol. The second-order valence-corrected chi connectivity index (χ2v) is 9.31. The van der Waals surface area contributed by atoms with Crippen molar-refractivity contribution in [2.45, 2.75) is 19.4 Å². The summed E-state index contributed by atoms with van der Waals surface area (Å²) in [4.78, 5) is 52.8. The predicted molar refractivity (Wildman–Crippen MR) is 129 cm³/mol. The van der Waals surface area contributed by atoms with Crippen molar-refractivity contribution in [2.24, 2.45) is 0 Å². The minimum atomic E-state index is -0.399. The molecule has 3 aliphatic rings. The molecule has 0 atom stereocenters. The SMILES string of the molecule is O=C(NCCN1C(=O)S/C(=C\c2ccc3c(c2)OCO3)C1=O)c1cccc(CN2CCCC2=O)c1. The van der Waals surface area contributed by atoms with Crippen LogP contribution in [0.4, 0.5) is 4.79 Å². The number of fused-ring (bicyclic) bond motifs is 1. The van der Waals surface area contributed by atoms with Gasteiger partial charge in [0.05, 0.1) is 4.91 Å². The number of nitrogens with zero attached hydrogens (tertiary/aromatic N) is 2. The Kier molecular flexibility index (Phi) is 6.45. The van der Waals surface area contributed by atoms with Gasteiger partial charge in [0.25, 0.3) is 17.1 Å². The van der Waals surface area contributed by atoms with Gasteiger partial charge in [-0.05, 0) is 59.7 Å². The van der Waals surface area contributed by atoms with Crippen molar-refractivity contribution >= 4 is 40.8 Å². The quantitative estimate of drug-likeness (QED) is 0.591. The van der Waals surface area contributed by atoms with E-state index in [-0.39, 0.29) is 36.9 Å². The number of benzene rings is 2. The average molecular weight is 494 g/mol. The first-order valence-electron chi connectivity index (χ1n) is 11.3. The minimum Gasteiger partial charge on any atom is -0.454 e. The molecule has 35 heavy (non-hydrogen) atoms.